The fourth-order valence-corrected chi connectivity index (χ4v) is 5.48. The molecule has 0 radical (unpaired) electrons. The van der Waals surface area contributed by atoms with E-state index in [4.69, 9.17) is 23.2 Å². The summed E-state index contributed by atoms with van der Waals surface area (Å²) in [6.07, 6.45) is 0. The van der Waals surface area contributed by atoms with Crippen LogP contribution in [0, 0.1) is 0 Å². The topological polar surface area (TPSA) is 112 Å². The molecule has 2 aliphatic rings. The zero-order chi connectivity index (χ0) is 18.1. The van der Waals surface area contributed by atoms with Gasteiger partial charge in [0.05, 0.1) is 0 Å². The van der Waals surface area contributed by atoms with Crippen molar-refractivity contribution in [3.63, 3.8) is 0 Å². The van der Waals surface area contributed by atoms with Gasteiger partial charge in [0.15, 0.2) is 9.18 Å². The van der Waals surface area contributed by atoms with Gasteiger partial charge in [-0.15, -0.1) is 22.0 Å². The van der Waals surface area contributed by atoms with E-state index in [2.05, 4.69) is 15.5 Å². The molecule has 0 bridgehead atoms. The Morgan fingerprint density at radius 1 is 1.52 bits per heavy atom. The highest BCUT2D eigenvalue weighted by Gasteiger charge is 2.54. The molecule has 2 aliphatic heterocycles. The van der Waals surface area contributed by atoms with E-state index in [1.807, 2.05) is 0 Å². The van der Waals surface area contributed by atoms with Crippen molar-refractivity contribution in [1.82, 2.24) is 20.4 Å². The molecule has 134 valence electrons. The van der Waals surface area contributed by atoms with E-state index in [0.717, 1.165) is 4.34 Å². The highest BCUT2D eigenvalue weighted by molar-refractivity contribution is 8.01. The van der Waals surface area contributed by atoms with E-state index in [9.17, 15) is 19.5 Å². The third-order valence-electron chi connectivity index (χ3n) is 3.46. The number of nitrogens with zero attached hydrogens (tertiary/aromatic N) is 3. The number of fused-ring (bicyclic) bond motifs is 1. The number of hydrogen-bond donors (Lipinski definition) is 2. The Hall–Kier alpha value is -1.01. The number of carboxylic acids is 1. The van der Waals surface area contributed by atoms with E-state index < -0.39 is 34.0 Å². The minimum Gasteiger partial charge on any atom is -0.477 e. The summed E-state index contributed by atoms with van der Waals surface area (Å²) < 4.78 is 0.722. The largest absolute Gasteiger partial charge is 0.477 e. The number of carbonyl (C=O) groups excluding carboxylic acids is 2. The van der Waals surface area contributed by atoms with Crippen molar-refractivity contribution < 1.29 is 19.5 Å². The second-order valence-electron chi connectivity index (χ2n) is 4.95. The van der Waals surface area contributed by atoms with Gasteiger partial charge in [0.1, 0.15) is 22.6 Å². The number of carboxylic acid groups (broad SMARTS) is 1. The van der Waals surface area contributed by atoms with Crippen LogP contribution in [0.2, 0.25) is 0 Å². The highest BCUT2D eigenvalue weighted by atomic mass is 35.5. The van der Waals surface area contributed by atoms with Crippen molar-refractivity contribution in [3.05, 3.63) is 16.8 Å². The molecule has 25 heavy (non-hydrogen) atoms. The number of alkyl halides is 2. The number of aliphatic carboxylic acids is 1. The first kappa shape index (κ1) is 18.8. The average Bonchev–Trinajstić information content (AvgIpc) is 3.09. The second-order valence-corrected chi connectivity index (χ2v) is 9.20. The monoisotopic (exact) mass is 440 g/mol. The van der Waals surface area contributed by atoms with Crippen LogP contribution in [0.5, 0.6) is 0 Å². The summed E-state index contributed by atoms with van der Waals surface area (Å²) in [4.78, 5) is 35.5. The van der Waals surface area contributed by atoms with Crippen molar-refractivity contribution >= 4 is 75.8 Å². The maximum atomic E-state index is 12.3. The van der Waals surface area contributed by atoms with Crippen LogP contribution in [0.25, 0.3) is 0 Å². The molecule has 8 nitrogen and oxygen atoms in total. The van der Waals surface area contributed by atoms with Crippen LogP contribution >= 0.6 is 58.1 Å². The SMILES string of the molecule is O=C(O)C1=C(CSc2nncs2)CS[C@@H]2C(NC(=O)C(Cl)Cl)C(=O)N12. The van der Waals surface area contributed by atoms with E-state index in [0.29, 0.717) is 17.1 Å². The lowest BCUT2D eigenvalue weighted by atomic mass is 10.0. The zero-order valence-corrected chi connectivity index (χ0v) is 16.2. The molecule has 1 unspecified atom stereocenters. The van der Waals surface area contributed by atoms with Gasteiger partial charge in [0, 0.05) is 11.5 Å². The van der Waals surface area contributed by atoms with E-state index in [1.165, 1.54) is 39.8 Å². The number of rotatable bonds is 6. The smallest absolute Gasteiger partial charge is 0.352 e. The second kappa shape index (κ2) is 7.70. The van der Waals surface area contributed by atoms with Gasteiger partial charge in [0.25, 0.3) is 11.8 Å². The lowest BCUT2D eigenvalue weighted by Gasteiger charge is -2.49. The van der Waals surface area contributed by atoms with Gasteiger partial charge < -0.3 is 10.4 Å². The van der Waals surface area contributed by atoms with Crippen LogP contribution in [0.15, 0.2) is 21.1 Å². The predicted octanol–water partition coefficient (Wildman–Crippen LogP) is 1.17. The van der Waals surface area contributed by atoms with Crippen LogP contribution in [0.3, 0.4) is 0 Å². The molecule has 2 N–H and O–H groups in total. The van der Waals surface area contributed by atoms with Gasteiger partial charge in [-0.05, 0) is 5.57 Å². The Morgan fingerprint density at radius 3 is 2.88 bits per heavy atom. The van der Waals surface area contributed by atoms with Gasteiger partial charge in [0.2, 0.25) is 0 Å². The first-order valence-electron chi connectivity index (χ1n) is 6.77. The molecule has 1 saturated heterocycles. The fourth-order valence-electron chi connectivity index (χ4n) is 2.39. The zero-order valence-electron chi connectivity index (χ0n) is 12.2. The van der Waals surface area contributed by atoms with E-state index in [1.54, 1.807) is 5.51 Å². The highest BCUT2D eigenvalue weighted by Crippen LogP contribution is 2.41. The number of β-lactam (4-membered cyclic amide) rings is 1. The molecule has 13 heteroatoms. The number of aromatic nitrogens is 2. The molecular weight excluding hydrogens is 431 g/mol. The number of halogens is 2. The Kier molecular flexibility index (Phi) is 5.78. The Labute approximate surface area is 164 Å². The quantitative estimate of drug-likeness (QED) is 0.385. The van der Waals surface area contributed by atoms with Crippen LogP contribution < -0.4 is 5.32 Å². The van der Waals surface area contributed by atoms with Gasteiger partial charge in [-0.3, -0.25) is 14.5 Å². The molecule has 2 atom stereocenters. The first-order chi connectivity index (χ1) is 11.9. The molecule has 0 aliphatic carbocycles. The number of nitrogens with one attached hydrogen (secondary N) is 1. The van der Waals surface area contributed by atoms with Crippen LogP contribution in [-0.4, -0.2) is 65.7 Å². The number of amides is 2. The minimum atomic E-state index is -1.29. The van der Waals surface area contributed by atoms with Gasteiger partial charge in [-0.25, -0.2) is 4.79 Å². The van der Waals surface area contributed by atoms with E-state index in [-0.39, 0.29) is 5.70 Å². The normalized spacial score (nSPS) is 22.7. The fraction of sp³-hybridized carbons (Fsp3) is 0.417. The Morgan fingerprint density at radius 2 is 2.28 bits per heavy atom. The average molecular weight is 441 g/mol. The molecule has 3 heterocycles. The van der Waals surface area contributed by atoms with E-state index >= 15 is 0 Å². The summed E-state index contributed by atoms with van der Waals surface area (Å²) in [5.41, 5.74) is 2.18. The summed E-state index contributed by atoms with van der Waals surface area (Å²) in [6, 6.07) is -0.829. The third-order valence-corrected chi connectivity index (χ3v) is 7.14. The number of thioether (sulfide) groups is 2. The van der Waals surface area contributed by atoms with Crippen molar-refractivity contribution in [3.8, 4) is 0 Å². The lowest BCUT2D eigenvalue weighted by molar-refractivity contribution is -0.150. The maximum absolute atomic E-state index is 12.3. The van der Waals surface area contributed by atoms with Crippen molar-refractivity contribution in [2.45, 2.75) is 20.6 Å². The number of hydrogen-bond acceptors (Lipinski definition) is 8. The predicted molar refractivity (Wildman–Crippen MR) is 95.8 cm³/mol. The molecule has 3 rings (SSSR count). The molecule has 0 saturated carbocycles. The first-order valence-corrected chi connectivity index (χ1v) is 10.6. The van der Waals surface area contributed by atoms with Crippen molar-refractivity contribution in [2.75, 3.05) is 11.5 Å². The standard InChI is InChI=1S/C12H10Cl2N4O4S3/c13-7(14)8(19)16-5-9(20)18-6(11(21)22)4(1-23-10(5)18)2-24-12-17-15-3-25-12/h3,5,7,10H,1-2H2,(H,16,19)(H,21,22)/t5?,10-/m1/s1. The van der Waals surface area contributed by atoms with Gasteiger partial charge >= 0.3 is 5.97 Å². The molecule has 1 aromatic rings. The molecule has 0 spiro atoms. The van der Waals surface area contributed by atoms with Crippen LogP contribution in [-0.2, 0) is 14.4 Å². The van der Waals surface area contributed by atoms with Gasteiger partial charge in [-0.1, -0.05) is 46.3 Å². The number of carbonyl (C=O) groups is 3. The summed E-state index contributed by atoms with van der Waals surface area (Å²) in [5, 5.41) is 19.1. The Bertz CT molecular complexity index is 743. The molecular formula is C12H10Cl2N4O4S3. The lowest BCUT2D eigenvalue weighted by Crippen LogP contribution is -2.71. The molecule has 2 amide bonds. The minimum absolute atomic E-state index is 0.0374. The van der Waals surface area contributed by atoms with Crippen molar-refractivity contribution in [1.29, 1.82) is 0 Å². The third kappa shape index (κ3) is 3.75. The molecule has 1 fully saturated rings. The maximum Gasteiger partial charge on any atom is 0.352 e. The van der Waals surface area contributed by atoms with Crippen molar-refractivity contribution in [2.24, 2.45) is 0 Å². The Balaban J connectivity index is 1.75. The summed E-state index contributed by atoms with van der Waals surface area (Å²) >= 11 is 15.1. The summed E-state index contributed by atoms with van der Waals surface area (Å²) in [5.74, 6) is -1.53. The van der Waals surface area contributed by atoms with Gasteiger partial charge in [-0.2, -0.15) is 0 Å². The summed E-state index contributed by atoms with van der Waals surface area (Å²) in [7, 11) is 0. The summed E-state index contributed by atoms with van der Waals surface area (Å²) in [6.45, 7) is 0. The van der Waals surface area contributed by atoms with Crippen LogP contribution in [0.4, 0.5) is 0 Å². The molecule has 0 aromatic carbocycles. The van der Waals surface area contributed by atoms with Crippen LogP contribution in [0.1, 0.15) is 0 Å². The molecule has 1 aromatic heterocycles.